The quantitative estimate of drug-likeness (QED) is 0.753. The minimum atomic E-state index is -3.94. The largest absolute Gasteiger partial charge is 0.497 e. The van der Waals surface area contributed by atoms with Crippen molar-refractivity contribution in [3.63, 3.8) is 0 Å². The van der Waals surface area contributed by atoms with Gasteiger partial charge in [-0.25, -0.2) is 21.9 Å². The van der Waals surface area contributed by atoms with E-state index in [0.29, 0.717) is 6.07 Å². The van der Waals surface area contributed by atoms with Gasteiger partial charge >= 0.3 is 0 Å². The summed E-state index contributed by atoms with van der Waals surface area (Å²) in [6.45, 7) is 0.0310. The van der Waals surface area contributed by atoms with Crippen molar-refractivity contribution in [1.82, 2.24) is 4.72 Å². The molecule has 0 atom stereocenters. The highest BCUT2D eigenvalue weighted by atomic mass is 32.2. The van der Waals surface area contributed by atoms with E-state index in [4.69, 9.17) is 4.74 Å². The second-order valence-electron chi connectivity index (χ2n) is 5.45. The molecule has 0 saturated carbocycles. The molecular weight excluding hydrogens is 348 g/mol. The van der Waals surface area contributed by atoms with Crippen LogP contribution in [0.2, 0.25) is 0 Å². The lowest BCUT2D eigenvalue weighted by molar-refractivity contribution is 0.415. The average Bonchev–Trinajstić information content (AvgIpc) is 2.61. The predicted molar refractivity (Wildman–Crippen MR) is 90.9 cm³/mol. The van der Waals surface area contributed by atoms with Crippen molar-refractivity contribution in [2.24, 2.45) is 0 Å². The van der Waals surface area contributed by atoms with Crippen LogP contribution in [0, 0.1) is 11.6 Å². The first-order valence-corrected chi connectivity index (χ1v) is 8.89. The first-order valence-electron chi connectivity index (χ1n) is 7.40. The standard InChI is InChI=1S/C18H15F2NO3S/c1-24-15-5-4-13-8-12(2-3-14(13)9-15)11-21-25(22,23)16-6-7-17(19)18(20)10-16/h2-10,21H,11H2,1H3. The maximum atomic E-state index is 13.2. The Morgan fingerprint density at radius 3 is 2.36 bits per heavy atom. The molecule has 0 aliphatic heterocycles. The van der Waals surface area contributed by atoms with Crippen molar-refractivity contribution in [2.75, 3.05) is 7.11 Å². The fourth-order valence-electron chi connectivity index (χ4n) is 2.42. The van der Waals surface area contributed by atoms with Crippen LogP contribution in [-0.2, 0) is 16.6 Å². The van der Waals surface area contributed by atoms with Crippen LogP contribution in [0.5, 0.6) is 5.75 Å². The first kappa shape index (κ1) is 17.3. The molecule has 0 amide bonds. The highest BCUT2D eigenvalue weighted by Crippen LogP contribution is 2.22. The van der Waals surface area contributed by atoms with Gasteiger partial charge in [0.25, 0.3) is 0 Å². The minimum absolute atomic E-state index is 0.0310. The van der Waals surface area contributed by atoms with E-state index in [9.17, 15) is 17.2 Å². The van der Waals surface area contributed by atoms with E-state index in [2.05, 4.69) is 4.72 Å². The molecule has 7 heteroatoms. The van der Waals surface area contributed by atoms with E-state index in [1.807, 2.05) is 30.3 Å². The average molecular weight is 363 g/mol. The lowest BCUT2D eigenvalue weighted by atomic mass is 10.1. The van der Waals surface area contributed by atoms with Gasteiger partial charge < -0.3 is 4.74 Å². The van der Waals surface area contributed by atoms with E-state index in [0.717, 1.165) is 34.2 Å². The van der Waals surface area contributed by atoms with Gasteiger partial charge in [0.2, 0.25) is 10.0 Å². The first-order chi connectivity index (χ1) is 11.9. The molecule has 0 aromatic heterocycles. The molecule has 3 aromatic carbocycles. The molecule has 1 N–H and O–H groups in total. The maximum absolute atomic E-state index is 13.2. The van der Waals surface area contributed by atoms with E-state index in [-0.39, 0.29) is 11.4 Å². The highest BCUT2D eigenvalue weighted by Gasteiger charge is 2.16. The molecule has 0 aliphatic rings. The molecule has 0 bridgehead atoms. The second-order valence-corrected chi connectivity index (χ2v) is 7.21. The number of fused-ring (bicyclic) bond motifs is 1. The Bertz CT molecular complexity index is 1040. The SMILES string of the molecule is COc1ccc2cc(CNS(=O)(=O)c3ccc(F)c(F)c3)ccc2c1. The molecular formula is C18H15F2NO3S. The van der Waals surface area contributed by atoms with Crippen molar-refractivity contribution in [2.45, 2.75) is 11.4 Å². The number of ether oxygens (including phenoxy) is 1. The van der Waals surface area contributed by atoms with E-state index in [1.165, 1.54) is 0 Å². The summed E-state index contributed by atoms with van der Waals surface area (Å²) in [7, 11) is -2.35. The number of nitrogens with one attached hydrogen (secondary N) is 1. The topological polar surface area (TPSA) is 55.4 Å². The highest BCUT2D eigenvalue weighted by molar-refractivity contribution is 7.89. The molecule has 0 fully saturated rings. The van der Waals surface area contributed by atoms with Crippen LogP contribution in [0.1, 0.15) is 5.56 Å². The Kier molecular flexibility index (Phi) is 4.69. The summed E-state index contributed by atoms with van der Waals surface area (Å²) in [4.78, 5) is -0.322. The van der Waals surface area contributed by atoms with Gasteiger partial charge in [-0.15, -0.1) is 0 Å². The van der Waals surface area contributed by atoms with Gasteiger partial charge in [0, 0.05) is 6.54 Å². The molecule has 0 aliphatic carbocycles. The van der Waals surface area contributed by atoms with Crippen molar-refractivity contribution in [3.8, 4) is 5.75 Å². The molecule has 3 aromatic rings. The second kappa shape index (κ2) is 6.78. The third-order valence-corrected chi connectivity index (χ3v) is 5.18. The molecule has 0 saturated heterocycles. The van der Waals surface area contributed by atoms with E-state index >= 15 is 0 Å². The van der Waals surface area contributed by atoms with Crippen LogP contribution in [0.3, 0.4) is 0 Å². The lowest BCUT2D eigenvalue weighted by Gasteiger charge is -2.09. The predicted octanol–water partition coefficient (Wildman–Crippen LogP) is 3.61. The minimum Gasteiger partial charge on any atom is -0.497 e. The number of hydrogen-bond acceptors (Lipinski definition) is 3. The number of halogens is 2. The third kappa shape index (κ3) is 3.78. The van der Waals surface area contributed by atoms with Gasteiger partial charge in [-0.1, -0.05) is 18.2 Å². The monoisotopic (exact) mass is 363 g/mol. The van der Waals surface area contributed by atoms with E-state index < -0.39 is 21.7 Å². The summed E-state index contributed by atoms with van der Waals surface area (Å²) < 4.78 is 58.1. The molecule has 0 spiro atoms. The fraction of sp³-hybridized carbons (Fsp3) is 0.111. The molecule has 4 nitrogen and oxygen atoms in total. The Balaban J connectivity index is 1.80. The van der Waals surface area contributed by atoms with E-state index in [1.54, 1.807) is 13.2 Å². The van der Waals surface area contributed by atoms with Gasteiger partial charge in [-0.3, -0.25) is 0 Å². The van der Waals surface area contributed by atoms with Crippen LogP contribution in [-0.4, -0.2) is 15.5 Å². The summed E-state index contributed by atoms with van der Waals surface area (Å²) in [6, 6.07) is 13.5. The number of hydrogen-bond donors (Lipinski definition) is 1. The summed E-state index contributed by atoms with van der Waals surface area (Å²) in [5, 5.41) is 1.90. The summed E-state index contributed by atoms with van der Waals surface area (Å²) in [6.07, 6.45) is 0. The molecule has 25 heavy (non-hydrogen) atoms. The zero-order valence-corrected chi connectivity index (χ0v) is 14.1. The van der Waals surface area contributed by atoms with Crippen molar-refractivity contribution < 1.29 is 21.9 Å². The Morgan fingerprint density at radius 1 is 0.920 bits per heavy atom. The van der Waals surface area contributed by atoms with Crippen molar-refractivity contribution in [3.05, 3.63) is 71.8 Å². The lowest BCUT2D eigenvalue weighted by Crippen LogP contribution is -2.23. The number of benzene rings is 3. The maximum Gasteiger partial charge on any atom is 0.240 e. The van der Waals surface area contributed by atoms with Crippen molar-refractivity contribution in [1.29, 1.82) is 0 Å². The molecule has 130 valence electrons. The van der Waals surface area contributed by atoms with Crippen LogP contribution < -0.4 is 9.46 Å². The molecule has 0 radical (unpaired) electrons. The summed E-state index contributed by atoms with van der Waals surface area (Å²) in [5.41, 5.74) is 0.740. The zero-order chi connectivity index (χ0) is 18.0. The Hall–Kier alpha value is -2.51. The number of rotatable bonds is 5. The molecule has 3 rings (SSSR count). The van der Waals surface area contributed by atoms with Crippen LogP contribution in [0.4, 0.5) is 8.78 Å². The Labute approximate surface area is 144 Å². The smallest absolute Gasteiger partial charge is 0.240 e. The zero-order valence-electron chi connectivity index (χ0n) is 13.3. The van der Waals surface area contributed by atoms with Gasteiger partial charge in [-0.05, 0) is 52.7 Å². The van der Waals surface area contributed by atoms with Gasteiger partial charge in [0.1, 0.15) is 5.75 Å². The summed E-state index contributed by atoms with van der Waals surface area (Å²) in [5.74, 6) is -1.56. The van der Waals surface area contributed by atoms with Gasteiger partial charge in [0.05, 0.1) is 12.0 Å². The fourth-order valence-corrected chi connectivity index (χ4v) is 3.45. The van der Waals surface area contributed by atoms with Crippen LogP contribution >= 0.6 is 0 Å². The van der Waals surface area contributed by atoms with Crippen molar-refractivity contribution >= 4 is 20.8 Å². The van der Waals surface area contributed by atoms with Gasteiger partial charge in [0.15, 0.2) is 11.6 Å². The normalized spacial score (nSPS) is 11.6. The summed E-state index contributed by atoms with van der Waals surface area (Å²) >= 11 is 0. The Morgan fingerprint density at radius 2 is 1.64 bits per heavy atom. The number of methoxy groups -OCH3 is 1. The van der Waals surface area contributed by atoms with Crippen LogP contribution in [0.25, 0.3) is 10.8 Å². The van der Waals surface area contributed by atoms with Gasteiger partial charge in [-0.2, -0.15) is 0 Å². The molecule has 0 heterocycles. The molecule has 0 unspecified atom stereocenters. The number of sulfonamides is 1. The van der Waals surface area contributed by atoms with Crippen LogP contribution in [0.15, 0.2) is 59.5 Å². The third-order valence-electron chi connectivity index (χ3n) is 3.78.